The van der Waals surface area contributed by atoms with Crippen molar-refractivity contribution in [2.45, 2.75) is 32.5 Å². The van der Waals surface area contributed by atoms with E-state index in [0.717, 1.165) is 54.0 Å². The first-order chi connectivity index (χ1) is 12.3. The highest BCUT2D eigenvalue weighted by Gasteiger charge is 2.22. The van der Waals surface area contributed by atoms with E-state index >= 15 is 0 Å². The summed E-state index contributed by atoms with van der Waals surface area (Å²) >= 11 is 0. The van der Waals surface area contributed by atoms with E-state index in [2.05, 4.69) is 24.8 Å². The van der Waals surface area contributed by atoms with E-state index in [4.69, 9.17) is 4.74 Å². The van der Waals surface area contributed by atoms with Gasteiger partial charge in [-0.15, -0.1) is 0 Å². The van der Waals surface area contributed by atoms with Gasteiger partial charge in [0.15, 0.2) is 5.82 Å². The Bertz CT molecular complexity index is 847. The molecule has 0 N–H and O–H groups in total. The zero-order chi connectivity index (χ0) is 17.1. The lowest BCUT2D eigenvalue weighted by molar-refractivity contribution is 0.0249. The molecular weight excluding hydrogens is 314 g/mol. The molecule has 6 nitrogen and oxygen atoms in total. The van der Waals surface area contributed by atoms with Crippen LogP contribution in [0, 0.1) is 6.92 Å². The number of pyridine rings is 2. The van der Waals surface area contributed by atoms with E-state index in [1.54, 1.807) is 12.5 Å². The third kappa shape index (κ3) is 3.58. The van der Waals surface area contributed by atoms with Gasteiger partial charge in [0.05, 0.1) is 18.2 Å². The maximum absolute atomic E-state index is 6.04. The summed E-state index contributed by atoms with van der Waals surface area (Å²) in [6, 6.07) is 7.98. The van der Waals surface area contributed by atoms with Gasteiger partial charge in [-0.1, -0.05) is 6.07 Å². The smallest absolute Gasteiger partial charge is 0.158 e. The summed E-state index contributed by atoms with van der Waals surface area (Å²) in [4.78, 5) is 19.9. The van der Waals surface area contributed by atoms with Crippen molar-refractivity contribution in [2.24, 2.45) is 0 Å². The van der Waals surface area contributed by atoms with Crippen molar-refractivity contribution in [1.29, 1.82) is 0 Å². The molecule has 3 aromatic heterocycles. The Morgan fingerprint density at radius 1 is 1.16 bits per heavy atom. The number of aryl methyl sites for hydroxylation is 1. The Balaban J connectivity index is 1.41. The lowest BCUT2D eigenvalue weighted by Gasteiger charge is -2.33. The molecule has 1 fully saturated rings. The molecule has 0 saturated carbocycles. The number of anilines is 1. The highest BCUT2D eigenvalue weighted by Crippen LogP contribution is 2.25. The molecule has 128 valence electrons. The third-order valence-electron chi connectivity index (χ3n) is 4.55. The first-order valence-electron chi connectivity index (χ1n) is 8.63. The molecule has 1 aliphatic heterocycles. The molecule has 6 heteroatoms. The number of hydrogen-bond acceptors (Lipinski definition) is 6. The Hall–Kier alpha value is -2.60. The summed E-state index contributed by atoms with van der Waals surface area (Å²) in [5.41, 5.74) is 3.88. The van der Waals surface area contributed by atoms with Crippen LogP contribution in [-0.4, -0.2) is 39.1 Å². The second kappa shape index (κ2) is 7.11. The van der Waals surface area contributed by atoms with Crippen molar-refractivity contribution < 1.29 is 4.74 Å². The van der Waals surface area contributed by atoms with Crippen molar-refractivity contribution in [3.05, 3.63) is 54.2 Å². The normalized spacial score (nSPS) is 15.6. The van der Waals surface area contributed by atoms with Gasteiger partial charge in [-0.3, -0.25) is 4.98 Å². The van der Waals surface area contributed by atoms with Gasteiger partial charge in [0, 0.05) is 31.2 Å². The predicted molar refractivity (Wildman–Crippen MR) is 96.3 cm³/mol. The molecule has 0 aromatic carbocycles. The number of fused-ring (bicyclic) bond motifs is 1. The van der Waals surface area contributed by atoms with Crippen LogP contribution in [0.3, 0.4) is 0 Å². The Kier molecular flexibility index (Phi) is 4.52. The molecule has 25 heavy (non-hydrogen) atoms. The second-order valence-electron chi connectivity index (χ2n) is 6.38. The monoisotopic (exact) mass is 335 g/mol. The molecule has 4 rings (SSSR count). The van der Waals surface area contributed by atoms with Gasteiger partial charge >= 0.3 is 0 Å². The summed E-state index contributed by atoms with van der Waals surface area (Å²) in [6.07, 6.45) is 7.51. The predicted octanol–water partition coefficient (Wildman–Crippen LogP) is 2.91. The maximum Gasteiger partial charge on any atom is 0.158 e. The van der Waals surface area contributed by atoms with Crippen molar-refractivity contribution in [3.8, 4) is 0 Å². The Morgan fingerprint density at radius 2 is 2.04 bits per heavy atom. The minimum atomic E-state index is 0.277. The highest BCUT2D eigenvalue weighted by molar-refractivity contribution is 5.85. The summed E-state index contributed by atoms with van der Waals surface area (Å²) in [5, 5.41) is 0. The van der Waals surface area contributed by atoms with Crippen LogP contribution in [0.1, 0.15) is 24.1 Å². The van der Waals surface area contributed by atoms with Crippen LogP contribution < -0.4 is 4.90 Å². The van der Waals surface area contributed by atoms with Crippen molar-refractivity contribution in [3.63, 3.8) is 0 Å². The van der Waals surface area contributed by atoms with Crippen LogP contribution in [0.25, 0.3) is 11.0 Å². The van der Waals surface area contributed by atoms with Gasteiger partial charge in [-0.2, -0.15) is 0 Å². The van der Waals surface area contributed by atoms with Gasteiger partial charge in [-0.05, 0) is 43.5 Å². The fourth-order valence-corrected chi connectivity index (χ4v) is 3.19. The van der Waals surface area contributed by atoms with Crippen LogP contribution >= 0.6 is 0 Å². The first kappa shape index (κ1) is 15.9. The van der Waals surface area contributed by atoms with Crippen molar-refractivity contribution >= 4 is 16.9 Å². The van der Waals surface area contributed by atoms with Crippen LogP contribution in [0.5, 0.6) is 0 Å². The number of ether oxygens (including phenoxy) is 1. The summed E-state index contributed by atoms with van der Waals surface area (Å²) in [5.74, 6) is 0.930. The lowest BCUT2D eigenvalue weighted by atomic mass is 10.1. The van der Waals surface area contributed by atoms with Crippen LogP contribution in [0.4, 0.5) is 5.82 Å². The average molecular weight is 335 g/mol. The molecule has 0 radical (unpaired) electrons. The van der Waals surface area contributed by atoms with Crippen LogP contribution in [0.15, 0.2) is 43.0 Å². The quantitative estimate of drug-likeness (QED) is 0.730. The molecule has 0 spiro atoms. The molecule has 3 aromatic rings. The van der Waals surface area contributed by atoms with E-state index < -0.39 is 0 Å². The van der Waals surface area contributed by atoms with Crippen LogP contribution in [-0.2, 0) is 11.3 Å². The standard InChI is InChI=1S/C19H21N5O/c1-14-4-5-17-18(23-14)19(22-13-21-17)24-9-6-16(7-10-24)25-12-15-3-2-8-20-11-15/h2-5,8,11,13,16H,6-7,9-10,12H2,1H3. The molecule has 0 atom stereocenters. The molecule has 0 aliphatic carbocycles. The van der Waals surface area contributed by atoms with Gasteiger partial charge in [0.25, 0.3) is 0 Å². The van der Waals surface area contributed by atoms with Crippen LogP contribution in [0.2, 0.25) is 0 Å². The topological polar surface area (TPSA) is 64.0 Å². The third-order valence-corrected chi connectivity index (χ3v) is 4.55. The SMILES string of the molecule is Cc1ccc2ncnc(N3CCC(OCc4cccnc4)CC3)c2n1. The molecule has 1 aliphatic rings. The zero-order valence-corrected chi connectivity index (χ0v) is 14.3. The number of piperidine rings is 1. The van der Waals surface area contributed by atoms with Crippen molar-refractivity contribution in [2.75, 3.05) is 18.0 Å². The molecule has 4 heterocycles. The summed E-state index contributed by atoms with van der Waals surface area (Å²) in [7, 11) is 0. The number of nitrogens with zero attached hydrogens (tertiary/aromatic N) is 5. The fraction of sp³-hybridized carbons (Fsp3) is 0.368. The van der Waals surface area contributed by atoms with Gasteiger partial charge < -0.3 is 9.64 Å². The number of hydrogen-bond donors (Lipinski definition) is 0. The van der Waals surface area contributed by atoms with E-state index in [1.165, 1.54) is 0 Å². The zero-order valence-electron chi connectivity index (χ0n) is 14.3. The molecule has 0 bridgehead atoms. The average Bonchev–Trinajstić information content (AvgIpc) is 2.67. The molecule has 0 amide bonds. The van der Waals surface area contributed by atoms with E-state index in [1.807, 2.05) is 37.4 Å². The Morgan fingerprint density at radius 3 is 2.84 bits per heavy atom. The fourth-order valence-electron chi connectivity index (χ4n) is 3.19. The largest absolute Gasteiger partial charge is 0.373 e. The maximum atomic E-state index is 6.04. The second-order valence-corrected chi connectivity index (χ2v) is 6.38. The lowest BCUT2D eigenvalue weighted by Crippen LogP contribution is -2.37. The van der Waals surface area contributed by atoms with Crippen molar-refractivity contribution in [1.82, 2.24) is 19.9 Å². The number of aromatic nitrogens is 4. The molecule has 1 saturated heterocycles. The molecule has 0 unspecified atom stereocenters. The minimum Gasteiger partial charge on any atom is -0.373 e. The van der Waals surface area contributed by atoms with Gasteiger partial charge in [-0.25, -0.2) is 15.0 Å². The highest BCUT2D eigenvalue weighted by atomic mass is 16.5. The van der Waals surface area contributed by atoms with Gasteiger partial charge in [0.1, 0.15) is 11.8 Å². The summed E-state index contributed by atoms with van der Waals surface area (Å²) in [6.45, 7) is 4.45. The minimum absolute atomic E-state index is 0.277. The Labute approximate surface area is 146 Å². The van der Waals surface area contributed by atoms with E-state index in [0.29, 0.717) is 6.61 Å². The summed E-state index contributed by atoms with van der Waals surface area (Å²) < 4.78 is 6.04. The first-order valence-corrected chi connectivity index (χ1v) is 8.63. The van der Waals surface area contributed by atoms with E-state index in [9.17, 15) is 0 Å². The van der Waals surface area contributed by atoms with Gasteiger partial charge in [0.2, 0.25) is 0 Å². The number of rotatable bonds is 4. The van der Waals surface area contributed by atoms with E-state index in [-0.39, 0.29) is 6.10 Å². The molecular formula is C19H21N5O.